The Bertz CT molecular complexity index is 563. The molecule has 0 heterocycles. The van der Waals surface area contributed by atoms with Crippen molar-refractivity contribution >= 4 is 10.0 Å². The van der Waals surface area contributed by atoms with Crippen LogP contribution in [0.4, 0.5) is 0 Å². The molecular weight excluding hydrogens is 262 g/mol. The molecule has 0 aliphatic rings. The number of hydrogen-bond donors (Lipinski definition) is 2. The van der Waals surface area contributed by atoms with Crippen molar-refractivity contribution in [2.45, 2.75) is 43.7 Å². The Labute approximate surface area is 114 Å². The molecule has 2 atom stereocenters. The van der Waals surface area contributed by atoms with E-state index >= 15 is 0 Å². The third-order valence-corrected chi connectivity index (χ3v) is 3.91. The van der Waals surface area contributed by atoms with E-state index in [1.165, 1.54) is 6.07 Å². The molecule has 0 saturated heterocycles. The van der Waals surface area contributed by atoms with Crippen LogP contribution in [0.2, 0.25) is 0 Å². The van der Waals surface area contributed by atoms with Gasteiger partial charge in [0.2, 0.25) is 10.0 Å². The van der Waals surface area contributed by atoms with Gasteiger partial charge < -0.3 is 5.32 Å². The molecule has 0 fully saturated rings. The summed E-state index contributed by atoms with van der Waals surface area (Å²) in [7, 11) is -3.68. The molecule has 2 unspecified atom stereocenters. The number of nitrogens with one attached hydrogen (secondary N) is 1. The molecule has 0 bridgehead atoms. The molecule has 6 heteroatoms. The van der Waals surface area contributed by atoms with Crippen LogP contribution in [0.25, 0.3) is 0 Å². The van der Waals surface area contributed by atoms with E-state index in [1.54, 1.807) is 12.1 Å². The van der Waals surface area contributed by atoms with Crippen molar-refractivity contribution in [3.8, 4) is 6.07 Å². The molecule has 0 aliphatic carbocycles. The van der Waals surface area contributed by atoms with Gasteiger partial charge in [-0.15, -0.1) is 0 Å². The number of rotatable bonds is 6. The number of primary sulfonamides is 1. The zero-order chi connectivity index (χ0) is 14.5. The normalized spacial score (nSPS) is 14.6. The zero-order valence-electron chi connectivity index (χ0n) is 11.1. The minimum absolute atomic E-state index is 0.0417. The lowest BCUT2D eigenvalue weighted by molar-refractivity contribution is 0.447. The van der Waals surface area contributed by atoms with Crippen molar-refractivity contribution in [3.05, 3.63) is 29.8 Å². The second-order valence-corrected chi connectivity index (χ2v) is 6.03. The van der Waals surface area contributed by atoms with Crippen LogP contribution in [0.15, 0.2) is 29.2 Å². The van der Waals surface area contributed by atoms with Crippen LogP contribution in [-0.4, -0.2) is 14.5 Å². The predicted molar refractivity (Wildman–Crippen MR) is 73.7 cm³/mol. The van der Waals surface area contributed by atoms with Gasteiger partial charge in [-0.05, 0) is 31.0 Å². The third-order valence-electron chi connectivity index (χ3n) is 3.00. The van der Waals surface area contributed by atoms with Gasteiger partial charge in [0.05, 0.1) is 17.4 Å². The van der Waals surface area contributed by atoms with Gasteiger partial charge in [0, 0.05) is 12.1 Å². The smallest absolute Gasteiger partial charge is 0.238 e. The quantitative estimate of drug-likeness (QED) is 0.829. The van der Waals surface area contributed by atoms with Crippen LogP contribution in [0, 0.1) is 11.3 Å². The van der Waals surface area contributed by atoms with E-state index in [-0.39, 0.29) is 17.0 Å². The molecule has 0 spiro atoms. The van der Waals surface area contributed by atoms with Gasteiger partial charge in [0.1, 0.15) is 0 Å². The summed E-state index contributed by atoms with van der Waals surface area (Å²) in [6, 6.07) is 8.72. The first-order valence-corrected chi connectivity index (χ1v) is 7.68. The topological polar surface area (TPSA) is 96.0 Å². The summed E-state index contributed by atoms with van der Waals surface area (Å²) >= 11 is 0. The highest BCUT2D eigenvalue weighted by molar-refractivity contribution is 7.89. The molecule has 1 aromatic rings. The average molecular weight is 281 g/mol. The summed E-state index contributed by atoms with van der Waals surface area (Å²) in [5, 5.41) is 17.1. The predicted octanol–water partition coefficient (Wildman–Crippen LogP) is 1.68. The Hall–Kier alpha value is -1.42. The molecule has 0 aromatic heterocycles. The Balaban J connectivity index is 2.89. The lowest BCUT2D eigenvalue weighted by Crippen LogP contribution is -2.30. The monoisotopic (exact) mass is 281 g/mol. The van der Waals surface area contributed by atoms with Gasteiger partial charge in [0.25, 0.3) is 0 Å². The van der Waals surface area contributed by atoms with Gasteiger partial charge in [-0.1, -0.05) is 19.1 Å². The number of nitriles is 1. The van der Waals surface area contributed by atoms with Crippen LogP contribution in [0.5, 0.6) is 0 Å². The van der Waals surface area contributed by atoms with Gasteiger partial charge in [-0.2, -0.15) is 5.26 Å². The summed E-state index contributed by atoms with van der Waals surface area (Å²) < 4.78 is 22.6. The van der Waals surface area contributed by atoms with E-state index in [4.69, 9.17) is 10.4 Å². The van der Waals surface area contributed by atoms with Gasteiger partial charge in [0.15, 0.2) is 0 Å². The molecule has 19 heavy (non-hydrogen) atoms. The highest BCUT2D eigenvalue weighted by Crippen LogP contribution is 2.18. The minimum atomic E-state index is -3.68. The van der Waals surface area contributed by atoms with E-state index in [9.17, 15) is 8.42 Å². The van der Waals surface area contributed by atoms with E-state index < -0.39 is 10.0 Å². The maximum atomic E-state index is 11.3. The van der Waals surface area contributed by atoms with Crippen molar-refractivity contribution in [2.24, 2.45) is 5.14 Å². The third kappa shape index (κ3) is 4.63. The van der Waals surface area contributed by atoms with Crippen molar-refractivity contribution in [3.63, 3.8) is 0 Å². The molecular formula is C13H19N3O2S. The fraction of sp³-hybridized carbons (Fsp3) is 0.462. The van der Waals surface area contributed by atoms with Crippen LogP contribution in [-0.2, 0) is 10.0 Å². The Morgan fingerprint density at radius 1 is 1.47 bits per heavy atom. The second-order valence-electron chi connectivity index (χ2n) is 4.47. The summed E-state index contributed by atoms with van der Waals surface area (Å²) in [5.74, 6) is 0. The summed E-state index contributed by atoms with van der Waals surface area (Å²) in [6.45, 7) is 3.94. The largest absolute Gasteiger partial charge is 0.306 e. The first-order valence-electron chi connectivity index (χ1n) is 6.14. The SMILES string of the molecule is CCC(CC#N)NC(C)c1cccc(S(N)(=O)=O)c1. The second kappa shape index (κ2) is 6.66. The van der Waals surface area contributed by atoms with Gasteiger partial charge in [-0.25, -0.2) is 13.6 Å². The van der Waals surface area contributed by atoms with Crippen molar-refractivity contribution in [2.75, 3.05) is 0 Å². The summed E-state index contributed by atoms with van der Waals surface area (Å²) in [6.07, 6.45) is 1.27. The maximum Gasteiger partial charge on any atom is 0.238 e. The van der Waals surface area contributed by atoms with Crippen molar-refractivity contribution in [1.29, 1.82) is 5.26 Å². The molecule has 1 rings (SSSR count). The first kappa shape index (κ1) is 15.6. The number of hydrogen-bond acceptors (Lipinski definition) is 4. The Morgan fingerprint density at radius 2 is 2.16 bits per heavy atom. The van der Waals surface area contributed by atoms with Crippen molar-refractivity contribution in [1.82, 2.24) is 5.32 Å². The molecule has 1 aromatic carbocycles. The highest BCUT2D eigenvalue weighted by Gasteiger charge is 2.14. The summed E-state index contributed by atoms with van der Waals surface area (Å²) in [5.41, 5.74) is 0.836. The maximum absolute atomic E-state index is 11.3. The number of nitrogens with zero attached hydrogens (tertiary/aromatic N) is 1. The number of benzene rings is 1. The molecule has 0 saturated carbocycles. The van der Waals surface area contributed by atoms with E-state index in [1.807, 2.05) is 19.9 Å². The zero-order valence-corrected chi connectivity index (χ0v) is 11.9. The fourth-order valence-electron chi connectivity index (χ4n) is 1.84. The Morgan fingerprint density at radius 3 is 2.68 bits per heavy atom. The molecule has 5 nitrogen and oxygen atoms in total. The van der Waals surface area contributed by atoms with Gasteiger partial charge in [-0.3, -0.25) is 0 Å². The van der Waals surface area contributed by atoms with Crippen LogP contribution >= 0.6 is 0 Å². The molecule has 104 valence electrons. The standard InChI is InChI=1S/C13H19N3O2S/c1-3-12(7-8-14)16-10(2)11-5-4-6-13(9-11)19(15,17)18/h4-6,9-10,12,16H,3,7H2,1-2H3,(H2,15,17,18). The summed E-state index contributed by atoms with van der Waals surface area (Å²) in [4.78, 5) is 0.104. The number of sulfonamides is 1. The van der Waals surface area contributed by atoms with E-state index in [2.05, 4.69) is 11.4 Å². The lowest BCUT2D eigenvalue weighted by atomic mass is 10.1. The van der Waals surface area contributed by atoms with Crippen molar-refractivity contribution < 1.29 is 8.42 Å². The van der Waals surface area contributed by atoms with Crippen LogP contribution < -0.4 is 10.5 Å². The molecule has 0 amide bonds. The van der Waals surface area contributed by atoms with E-state index in [0.29, 0.717) is 6.42 Å². The first-order chi connectivity index (χ1) is 8.88. The molecule has 3 N–H and O–H groups in total. The Kier molecular flexibility index (Phi) is 5.48. The van der Waals surface area contributed by atoms with E-state index in [0.717, 1.165) is 12.0 Å². The fourth-order valence-corrected chi connectivity index (χ4v) is 2.41. The number of nitrogens with two attached hydrogens (primary N) is 1. The lowest BCUT2D eigenvalue weighted by Gasteiger charge is -2.20. The molecule has 0 radical (unpaired) electrons. The highest BCUT2D eigenvalue weighted by atomic mass is 32.2. The van der Waals surface area contributed by atoms with Crippen LogP contribution in [0.3, 0.4) is 0 Å². The minimum Gasteiger partial charge on any atom is -0.306 e. The molecule has 0 aliphatic heterocycles. The van der Waals surface area contributed by atoms with Gasteiger partial charge >= 0.3 is 0 Å². The van der Waals surface area contributed by atoms with Crippen LogP contribution in [0.1, 0.15) is 38.3 Å². The average Bonchev–Trinajstić information content (AvgIpc) is 2.37.